The Bertz CT molecular complexity index is 666. The van der Waals surface area contributed by atoms with Gasteiger partial charge in [-0.1, -0.05) is 23.7 Å². The van der Waals surface area contributed by atoms with Crippen molar-refractivity contribution in [3.8, 4) is 11.1 Å². The summed E-state index contributed by atoms with van der Waals surface area (Å²) in [6.45, 7) is 2.85. The summed E-state index contributed by atoms with van der Waals surface area (Å²) in [6, 6.07) is 9.38. The van der Waals surface area contributed by atoms with Crippen LogP contribution in [0.3, 0.4) is 0 Å². The highest BCUT2D eigenvalue weighted by Gasteiger charge is 2.14. The van der Waals surface area contributed by atoms with Crippen LogP contribution in [0.2, 0.25) is 5.02 Å². The number of carbonyl (C=O) groups is 1. The van der Waals surface area contributed by atoms with Crippen LogP contribution in [0.25, 0.3) is 11.1 Å². The second-order valence-corrected chi connectivity index (χ2v) is 6.31. The lowest BCUT2D eigenvalue weighted by Crippen LogP contribution is -2.26. The first-order valence-corrected chi connectivity index (χ1v) is 8.30. The zero-order chi connectivity index (χ0) is 16.1. The molecule has 1 atom stereocenters. The molecule has 2 heterocycles. The van der Waals surface area contributed by atoms with Gasteiger partial charge in [0, 0.05) is 29.5 Å². The summed E-state index contributed by atoms with van der Waals surface area (Å²) < 4.78 is 0. The molecule has 1 aliphatic rings. The molecule has 0 saturated carbocycles. The first-order chi connectivity index (χ1) is 11.2. The van der Waals surface area contributed by atoms with E-state index >= 15 is 0 Å². The number of halogens is 1. The van der Waals surface area contributed by atoms with Gasteiger partial charge in [0.05, 0.1) is 5.56 Å². The van der Waals surface area contributed by atoms with Crippen LogP contribution in [0.5, 0.6) is 0 Å². The third kappa shape index (κ3) is 4.30. The Kier molecular flexibility index (Phi) is 5.26. The molecule has 0 bridgehead atoms. The molecule has 2 aromatic rings. The largest absolute Gasteiger partial charge is 0.352 e. The fourth-order valence-corrected chi connectivity index (χ4v) is 2.94. The average Bonchev–Trinajstić information content (AvgIpc) is 3.09. The summed E-state index contributed by atoms with van der Waals surface area (Å²) in [5.74, 6) is 0.605. The standard InChI is InChI=1S/C18H20ClN3O/c19-17-3-1-14(2-4-17)15-9-16(12-21-11-15)18(23)22-8-6-13-5-7-20-10-13/h1-4,9,11-13,20H,5-8,10H2,(H,22,23). The van der Waals surface area contributed by atoms with Crippen LogP contribution in [0.4, 0.5) is 0 Å². The minimum absolute atomic E-state index is 0.0701. The van der Waals surface area contributed by atoms with Crippen LogP contribution < -0.4 is 10.6 Å². The van der Waals surface area contributed by atoms with Gasteiger partial charge in [-0.15, -0.1) is 0 Å². The predicted octanol–water partition coefficient (Wildman–Crippen LogP) is 3.13. The van der Waals surface area contributed by atoms with Crippen molar-refractivity contribution >= 4 is 17.5 Å². The highest BCUT2D eigenvalue weighted by atomic mass is 35.5. The molecule has 3 rings (SSSR count). The number of rotatable bonds is 5. The van der Waals surface area contributed by atoms with E-state index in [2.05, 4.69) is 15.6 Å². The maximum atomic E-state index is 12.3. The quantitative estimate of drug-likeness (QED) is 0.886. The summed E-state index contributed by atoms with van der Waals surface area (Å²) in [5.41, 5.74) is 2.49. The number of nitrogens with one attached hydrogen (secondary N) is 2. The lowest BCUT2D eigenvalue weighted by atomic mass is 10.0. The van der Waals surface area contributed by atoms with Crippen molar-refractivity contribution in [3.63, 3.8) is 0 Å². The van der Waals surface area contributed by atoms with Crippen LogP contribution >= 0.6 is 11.6 Å². The molecule has 1 aromatic heterocycles. The van der Waals surface area contributed by atoms with Crippen molar-refractivity contribution in [1.82, 2.24) is 15.6 Å². The smallest absolute Gasteiger partial charge is 0.252 e. The van der Waals surface area contributed by atoms with E-state index in [0.29, 0.717) is 23.0 Å². The van der Waals surface area contributed by atoms with Crippen LogP contribution in [0.1, 0.15) is 23.2 Å². The summed E-state index contributed by atoms with van der Waals surface area (Å²) in [7, 11) is 0. The number of nitrogens with zero attached hydrogens (tertiary/aromatic N) is 1. The van der Waals surface area contributed by atoms with Crippen molar-refractivity contribution in [2.75, 3.05) is 19.6 Å². The highest BCUT2D eigenvalue weighted by Crippen LogP contribution is 2.21. The summed E-state index contributed by atoms with van der Waals surface area (Å²) in [4.78, 5) is 16.5. The number of amides is 1. The second-order valence-electron chi connectivity index (χ2n) is 5.87. The molecule has 4 nitrogen and oxygen atoms in total. The summed E-state index contributed by atoms with van der Waals surface area (Å²) in [5, 5.41) is 7.02. The summed E-state index contributed by atoms with van der Waals surface area (Å²) >= 11 is 5.91. The van der Waals surface area contributed by atoms with Gasteiger partial charge in [0.15, 0.2) is 0 Å². The molecule has 0 aliphatic carbocycles. The first-order valence-electron chi connectivity index (χ1n) is 7.92. The highest BCUT2D eigenvalue weighted by molar-refractivity contribution is 6.30. The molecule has 0 radical (unpaired) electrons. The normalized spacial score (nSPS) is 17.2. The SMILES string of the molecule is O=C(NCCC1CCNC1)c1cncc(-c2ccc(Cl)cc2)c1. The molecular formula is C18H20ClN3O. The van der Waals surface area contributed by atoms with Crippen molar-refractivity contribution in [3.05, 3.63) is 53.3 Å². The lowest BCUT2D eigenvalue weighted by Gasteiger charge is -2.10. The fourth-order valence-electron chi connectivity index (χ4n) is 2.82. The van der Waals surface area contributed by atoms with Gasteiger partial charge >= 0.3 is 0 Å². The Morgan fingerprint density at radius 1 is 1.26 bits per heavy atom. The average molecular weight is 330 g/mol. The third-order valence-corrected chi connectivity index (χ3v) is 4.43. The monoisotopic (exact) mass is 329 g/mol. The van der Waals surface area contributed by atoms with E-state index in [1.54, 1.807) is 12.4 Å². The number of hydrogen-bond acceptors (Lipinski definition) is 3. The minimum Gasteiger partial charge on any atom is -0.352 e. The Balaban J connectivity index is 1.61. The Hall–Kier alpha value is -1.91. The molecule has 1 amide bonds. The molecule has 0 spiro atoms. The third-order valence-electron chi connectivity index (χ3n) is 4.18. The Labute approximate surface area is 141 Å². The molecular weight excluding hydrogens is 310 g/mol. The van der Waals surface area contributed by atoms with Gasteiger partial charge in [-0.3, -0.25) is 9.78 Å². The van der Waals surface area contributed by atoms with E-state index in [1.807, 2.05) is 30.3 Å². The van der Waals surface area contributed by atoms with Crippen molar-refractivity contribution in [2.45, 2.75) is 12.8 Å². The van der Waals surface area contributed by atoms with Gasteiger partial charge in [-0.05, 0) is 55.6 Å². The van der Waals surface area contributed by atoms with Crippen LogP contribution in [0.15, 0.2) is 42.7 Å². The van der Waals surface area contributed by atoms with Gasteiger partial charge < -0.3 is 10.6 Å². The second kappa shape index (κ2) is 7.57. The van der Waals surface area contributed by atoms with Crippen LogP contribution in [0, 0.1) is 5.92 Å². The first kappa shape index (κ1) is 16.0. The zero-order valence-corrected chi connectivity index (χ0v) is 13.6. The summed E-state index contributed by atoms with van der Waals surface area (Å²) in [6.07, 6.45) is 5.57. The van der Waals surface area contributed by atoms with Crippen molar-refractivity contribution in [2.24, 2.45) is 5.92 Å². The van der Waals surface area contributed by atoms with Crippen molar-refractivity contribution in [1.29, 1.82) is 0 Å². The van der Waals surface area contributed by atoms with Crippen molar-refractivity contribution < 1.29 is 4.79 Å². The number of aromatic nitrogens is 1. The number of benzene rings is 1. The zero-order valence-electron chi connectivity index (χ0n) is 12.9. The number of pyridine rings is 1. The number of carbonyl (C=O) groups excluding carboxylic acids is 1. The van der Waals surface area contributed by atoms with Crippen LogP contribution in [-0.4, -0.2) is 30.5 Å². The maximum absolute atomic E-state index is 12.3. The molecule has 1 saturated heterocycles. The van der Waals surface area contributed by atoms with Gasteiger partial charge in [0.25, 0.3) is 5.91 Å². The van der Waals surface area contributed by atoms with Gasteiger partial charge in [0.2, 0.25) is 0 Å². The fraction of sp³-hybridized carbons (Fsp3) is 0.333. The van der Waals surface area contributed by atoms with E-state index in [0.717, 1.165) is 30.6 Å². The molecule has 1 aromatic carbocycles. The van der Waals surface area contributed by atoms with Gasteiger partial charge in [-0.2, -0.15) is 0 Å². The molecule has 120 valence electrons. The number of hydrogen-bond donors (Lipinski definition) is 2. The predicted molar refractivity (Wildman–Crippen MR) is 92.6 cm³/mol. The Morgan fingerprint density at radius 2 is 2.09 bits per heavy atom. The molecule has 1 unspecified atom stereocenters. The minimum atomic E-state index is -0.0701. The van der Waals surface area contributed by atoms with E-state index < -0.39 is 0 Å². The van der Waals surface area contributed by atoms with E-state index in [4.69, 9.17) is 11.6 Å². The van der Waals surface area contributed by atoms with Crippen LogP contribution in [-0.2, 0) is 0 Å². The van der Waals surface area contributed by atoms with Gasteiger partial charge in [-0.25, -0.2) is 0 Å². The van der Waals surface area contributed by atoms with E-state index in [1.165, 1.54) is 6.42 Å². The van der Waals surface area contributed by atoms with Gasteiger partial charge in [0.1, 0.15) is 0 Å². The molecule has 1 fully saturated rings. The Morgan fingerprint density at radius 3 is 2.83 bits per heavy atom. The van der Waals surface area contributed by atoms with E-state index in [9.17, 15) is 4.79 Å². The molecule has 2 N–H and O–H groups in total. The topological polar surface area (TPSA) is 54.0 Å². The van der Waals surface area contributed by atoms with E-state index in [-0.39, 0.29) is 5.91 Å². The molecule has 23 heavy (non-hydrogen) atoms. The maximum Gasteiger partial charge on any atom is 0.252 e. The molecule has 1 aliphatic heterocycles. The molecule has 5 heteroatoms. The lowest BCUT2D eigenvalue weighted by molar-refractivity contribution is 0.0951.